The zero-order valence-electron chi connectivity index (χ0n) is 22.0. The Balaban J connectivity index is 1.18. The third-order valence-electron chi connectivity index (χ3n) is 6.52. The number of fused-ring (bicyclic) bond motifs is 1. The van der Waals surface area contributed by atoms with E-state index in [1.54, 1.807) is 7.11 Å². The third kappa shape index (κ3) is 8.25. The Hall–Kier alpha value is -3.51. The number of rotatable bonds is 15. The predicted octanol–water partition coefficient (Wildman–Crippen LogP) is 6.63. The molecule has 1 heterocycles. The molecule has 6 nitrogen and oxygen atoms in total. The van der Waals surface area contributed by atoms with E-state index in [9.17, 15) is 4.79 Å². The smallest absolute Gasteiger partial charge is 0.224 e. The zero-order valence-corrected chi connectivity index (χ0v) is 22.8. The summed E-state index contributed by atoms with van der Waals surface area (Å²) in [6.07, 6.45) is 6.32. The molecule has 1 N–H and O–H groups in total. The molecule has 3 aromatic carbocycles. The molecule has 4 rings (SSSR count). The highest BCUT2D eigenvalue weighted by atomic mass is 35.5. The van der Waals surface area contributed by atoms with Crippen molar-refractivity contribution in [3.63, 3.8) is 0 Å². The number of nitrogens with zero attached hydrogens (tertiary/aromatic N) is 2. The highest BCUT2D eigenvalue weighted by Gasteiger charge is 2.10. The van der Waals surface area contributed by atoms with Crippen molar-refractivity contribution in [3.05, 3.63) is 89.2 Å². The monoisotopic (exact) mass is 533 g/mol. The zero-order chi connectivity index (χ0) is 26.6. The van der Waals surface area contributed by atoms with Crippen molar-refractivity contribution in [1.82, 2.24) is 14.9 Å². The minimum Gasteiger partial charge on any atom is -0.497 e. The number of aryl methyl sites for hydroxylation is 2. The number of imidazole rings is 1. The minimum absolute atomic E-state index is 0.0464. The Morgan fingerprint density at radius 2 is 1.66 bits per heavy atom. The number of amides is 1. The number of carbonyl (C=O) groups is 1. The molecule has 1 amide bonds. The van der Waals surface area contributed by atoms with Crippen LogP contribution in [0.3, 0.4) is 0 Å². The SMILES string of the molecule is COc1ccc(OCCCCn2c(CCCCCNC(=O)Cc3ccc(Cl)cc3)nc3ccccc32)cc1. The van der Waals surface area contributed by atoms with Gasteiger partial charge in [0.15, 0.2) is 0 Å². The van der Waals surface area contributed by atoms with E-state index in [1.807, 2.05) is 54.6 Å². The van der Waals surface area contributed by atoms with Crippen LogP contribution in [0, 0.1) is 0 Å². The first-order chi connectivity index (χ1) is 18.6. The van der Waals surface area contributed by atoms with Crippen molar-refractivity contribution in [3.8, 4) is 11.5 Å². The molecule has 0 aliphatic heterocycles. The number of ether oxygens (including phenoxy) is 2. The van der Waals surface area contributed by atoms with E-state index in [0.717, 1.165) is 73.5 Å². The molecule has 0 spiro atoms. The first-order valence-corrected chi connectivity index (χ1v) is 13.7. The van der Waals surface area contributed by atoms with Crippen molar-refractivity contribution in [2.45, 2.75) is 51.5 Å². The van der Waals surface area contributed by atoms with Crippen LogP contribution in [-0.4, -0.2) is 35.7 Å². The molecule has 0 aliphatic rings. The second-order valence-corrected chi connectivity index (χ2v) is 9.80. The second kappa shape index (κ2) is 14.4. The Kier molecular flexibility index (Phi) is 10.5. The van der Waals surface area contributed by atoms with Crippen LogP contribution in [0.1, 0.15) is 43.5 Å². The lowest BCUT2D eigenvalue weighted by Crippen LogP contribution is -2.26. The third-order valence-corrected chi connectivity index (χ3v) is 6.77. The van der Waals surface area contributed by atoms with Gasteiger partial charge in [0.2, 0.25) is 5.91 Å². The summed E-state index contributed by atoms with van der Waals surface area (Å²) < 4.78 is 13.4. The first kappa shape index (κ1) is 27.5. The molecule has 0 radical (unpaired) electrons. The average molecular weight is 534 g/mol. The van der Waals surface area contributed by atoms with Crippen LogP contribution < -0.4 is 14.8 Å². The number of nitrogens with one attached hydrogen (secondary N) is 1. The maximum atomic E-state index is 12.2. The number of para-hydroxylation sites is 2. The lowest BCUT2D eigenvalue weighted by molar-refractivity contribution is -0.120. The number of unbranched alkanes of at least 4 members (excludes halogenated alkanes) is 3. The summed E-state index contributed by atoms with van der Waals surface area (Å²) in [4.78, 5) is 17.1. The van der Waals surface area contributed by atoms with Gasteiger partial charge in [0.25, 0.3) is 0 Å². The van der Waals surface area contributed by atoms with E-state index in [-0.39, 0.29) is 5.91 Å². The molecular weight excluding hydrogens is 498 g/mol. The largest absolute Gasteiger partial charge is 0.497 e. The van der Waals surface area contributed by atoms with Crippen molar-refractivity contribution < 1.29 is 14.3 Å². The summed E-state index contributed by atoms with van der Waals surface area (Å²) >= 11 is 5.91. The fraction of sp³-hybridized carbons (Fsp3) is 0.355. The number of hydrogen-bond donors (Lipinski definition) is 1. The fourth-order valence-electron chi connectivity index (χ4n) is 4.46. The molecule has 0 fully saturated rings. The van der Waals surface area contributed by atoms with Crippen molar-refractivity contribution in [2.75, 3.05) is 20.3 Å². The van der Waals surface area contributed by atoms with Gasteiger partial charge in [-0.15, -0.1) is 0 Å². The van der Waals surface area contributed by atoms with Crippen molar-refractivity contribution >= 4 is 28.5 Å². The Labute approximate surface area is 229 Å². The van der Waals surface area contributed by atoms with Gasteiger partial charge in [0.1, 0.15) is 17.3 Å². The summed E-state index contributed by atoms with van der Waals surface area (Å²) in [7, 11) is 1.66. The van der Waals surface area contributed by atoms with Crippen LogP contribution in [0.25, 0.3) is 11.0 Å². The van der Waals surface area contributed by atoms with Gasteiger partial charge >= 0.3 is 0 Å². The molecule has 0 atom stereocenters. The minimum atomic E-state index is 0.0464. The molecule has 0 unspecified atom stereocenters. The quantitative estimate of drug-likeness (QED) is 0.174. The van der Waals surface area contributed by atoms with Crippen molar-refractivity contribution in [2.24, 2.45) is 0 Å². The van der Waals surface area contributed by atoms with E-state index >= 15 is 0 Å². The molecule has 0 bridgehead atoms. The van der Waals surface area contributed by atoms with Gasteiger partial charge in [-0.25, -0.2) is 4.98 Å². The lowest BCUT2D eigenvalue weighted by Gasteiger charge is -2.11. The van der Waals surface area contributed by atoms with Gasteiger partial charge in [-0.2, -0.15) is 0 Å². The Morgan fingerprint density at radius 1 is 0.895 bits per heavy atom. The summed E-state index contributed by atoms with van der Waals surface area (Å²) in [5, 5.41) is 3.71. The summed E-state index contributed by atoms with van der Waals surface area (Å²) in [6.45, 7) is 2.29. The molecule has 1 aromatic heterocycles. The lowest BCUT2D eigenvalue weighted by atomic mass is 10.1. The number of hydrogen-bond acceptors (Lipinski definition) is 4. The fourth-order valence-corrected chi connectivity index (χ4v) is 4.59. The summed E-state index contributed by atoms with van der Waals surface area (Å²) in [5.41, 5.74) is 3.21. The van der Waals surface area contributed by atoms with E-state index < -0.39 is 0 Å². The highest BCUT2D eigenvalue weighted by Crippen LogP contribution is 2.20. The summed E-state index contributed by atoms with van der Waals surface area (Å²) in [5.74, 6) is 2.87. The van der Waals surface area contributed by atoms with Crippen LogP contribution in [0.15, 0.2) is 72.8 Å². The molecule has 4 aromatic rings. The van der Waals surface area contributed by atoms with E-state index in [0.29, 0.717) is 24.6 Å². The maximum absolute atomic E-state index is 12.2. The Bertz CT molecular complexity index is 1290. The van der Waals surface area contributed by atoms with Crippen LogP contribution in [0.4, 0.5) is 0 Å². The van der Waals surface area contributed by atoms with Crippen LogP contribution in [-0.2, 0) is 24.2 Å². The molecule has 0 saturated heterocycles. The maximum Gasteiger partial charge on any atom is 0.224 e. The number of benzene rings is 3. The van der Waals surface area contributed by atoms with Gasteiger partial charge < -0.3 is 19.4 Å². The van der Waals surface area contributed by atoms with Gasteiger partial charge in [0, 0.05) is 24.5 Å². The molecule has 0 aliphatic carbocycles. The van der Waals surface area contributed by atoms with Crippen LogP contribution in [0.5, 0.6) is 11.5 Å². The van der Waals surface area contributed by atoms with E-state index in [4.69, 9.17) is 26.1 Å². The van der Waals surface area contributed by atoms with Gasteiger partial charge in [0.05, 0.1) is 31.2 Å². The van der Waals surface area contributed by atoms with Gasteiger partial charge in [-0.1, -0.05) is 42.3 Å². The predicted molar refractivity (Wildman–Crippen MR) is 153 cm³/mol. The molecule has 38 heavy (non-hydrogen) atoms. The highest BCUT2D eigenvalue weighted by molar-refractivity contribution is 6.30. The Morgan fingerprint density at radius 3 is 2.45 bits per heavy atom. The van der Waals surface area contributed by atoms with E-state index in [2.05, 4.69) is 28.1 Å². The van der Waals surface area contributed by atoms with Gasteiger partial charge in [-0.05, 0) is 79.8 Å². The summed E-state index contributed by atoms with van der Waals surface area (Å²) in [6, 6.07) is 23.4. The first-order valence-electron chi connectivity index (χ1n) is 13.3. The van der Waals surface area contributed by atoms with E-state index in [1.165, 1.54) is 5.52 Å². The average Bonchev–Trinajstić information content (AvgIpc) is 3.29. The standard InChI is InChI=1S/C31H36ClN3O3/c1-37-26-16-18-27(19-17-26)38-22-8-7-21-35-29-10-5-4-9-28(29)34-30(35)11-3-2-6-20-33-31(36)23-24-12-14-25(32)15-13-24/h4-5,9-10,12-19H,2-3,6-8,11,20-23H2,1H3,(H,33,36). The number of aromatic nitrogens is 2. The second-order valence-electron chi connectivity index (χ2n) is 9.36. The van der Waals surface area contributed by atoms with Crippen LogP contribution in [0.2, 0.25) is 5.02 Å². The molecule has 200 valence electrons. The van der Waals surface area contributed by atoms with Crippen LogP contribution >= 0.6 is 11.6 Å². The molecular formula is C31H36ClN3O3. The topological polar surface area (TPSA) is 65.4 Å². The normalized spacial score (nSPS) is 11.0. The number of carbonyl (C=O) groups excluding carboxylic acids is 1. The number of methoxy groups -OCH3 is 1. The molecule has 0 saturated carbocycles. The number of halogens is 1. The molecule has 7 heteroatoms. The van der Waals surface area contributed by atoms with Gasteiger partial charge in [-0.3, -0.25) is 4.79 Å². The van der Waals surface area contributed by atoms with Crippen molar-refractivity contribution in [1.29, 1.82) is 0 Å².